The second-order valence-electron chi connectivity index (χ2n) is 4.50. The van der Waals surface area contributed by atoms with E-state index in [0.29, 0.717) is 24.2 Å². The number of methoxy groups -OCH3 is 1. The van der Waals surface area contributed by atoms with Crippen molar-refractivity contribution in [3.05, 3.63) is 34.1 Å². The zero-order chi connectivity index (χ0) is 13.9. The van der Waals surface area contributed by atoms with Crippen LogP contribution in [0.15, 0.2) is 22.7 Å². The van der Waals surface area contributed by atoms with Crippen molar-refractivity contribution in [1.82, 2.24) is 5.32 Å². The molecular weight excluding hydrogens is 317 g/mol. The van der Waals surface area contributed by atoms with Crippen LogP contribution in [0.2, 0.25) is 0 Å². The van der Waals surface area contributed by atoms with Crippen LogP contribution in [-0.4, -0.2) is 38.4 Å². The molecule has 1 aliphatic rings. The summed E-state index contributed by atoms with van der Waals surface area (Å²) in [5.41, 5.74) is -0.208. The maximum atomic E-state index is 13.1. The lowest BCUT2D eigenvalue weighted by Gasteiger charge is -2.25. The highest BCUT2D eigenvalue weighted by molar-refractivity contribution is 9.10. The Morgan fingerprint density at radius 3 is 3.05 bits per heavy atom. The van der Waals surface area contributed by atoms with Gasteiger partial charge in [0.1, 0.15) is 11.4 Å². The molecule has 1 amide bonds. The lowest BCUT2D eigenvalue weighted by atomic mass is 10.0. The number of carbonyl (C=O) groups excluding carboxylic acids is 1. The van der Waals surface area contributed by atoms with Gasteiger partial charge in [0.05, 0.1) is 12.2 Å². The summed E-state index contributed by atoms with van der Waals surface area (Å²) < 4.78 is 24.4. The first kappa shape index (κ1) is 14.4. The molecule has 6 heteroatoms. The standard InChI is InChI=1S/C13H15BrFNO3/c1-18-13(4-5-19-8-13)7-16-12(17)10-6-9(15)2-3-11(10)14/h2-3,6H,4-5,7-8H2,1H3,(H,16,17). The molecule has 1 aromatic rings. The van der Waals surface area contributed by atoms with Crippen LogP contribution in [0, 0.1) is 5.82 Å². The molecule has 1 atom stereocenters. The van der Waals surface area contributed by atoms with E-state index in [1.807, 2.05) is 0 Å². The summed E-state index contributed by atoms with van der Waals surface area (Å²) >= 11 is 3.23. The third kappa shape index (κ3) is 3.32. The molecule has 0 spiro atoms. The molecule has 1 aliphatic heterocycles. The molecule has 19 heavy (non-hydrogen) atoms. The van der Waals surface area contributed by atoms with Crippen LogP contribution in [0.25, 0.3) is 0 Å². The molecule has 0 bridgehead atoms. The van der Waals surface area contributed by atoms with E-state index in [9.17, 15) is 9.18 Å². The van der Waals surface area contributed by atoms with Crippen molar-refractivity contribution < 1.29 is 18.7 Å². The molecular formula is C13H15BrFNO3. The van der Waals surface area contributed by atoms with Crippen LogP contribution < -0.4 is 5.32 Å². The van der Waals surface area contributed by atoms with Gasteiger partial charge in [-0.1, -0.05) is 0 Å². The Bertz CT molecular complexity index is 475. The minimum absolute atomic E-state index is 0.269. The predicted molar refractivity (Wildman–Crippen MR) is 71.6 cm³/mol. The lowest BCUT2D eigenvalue weighted by molar-refractivity contribution is -0.0148. The minimum atomic E-state index is -0.477. The van der Waals surface area contributed by atoms with Gasteiger partial charge >= 0.3 is 0 Å². The third-order valence-electron chi connectivity index (χ3n) is 3.24. The summed E-state index contributed by atoms with van der Waals surface area (Å²) in [5.74, 6) is -0.784. The molecule has 1 saturated heterocycles. The molecule has 1 aromatic carbocycles. The summed E-state index contributed by atoms with van der Waals surface area (Å²) in [7, 11) is 1.60. The van der Waals surface area contributed by atoms with Crippen LogP contribution in [0.4, 0.5) is 4.39 Å². The SMILES string of the molecule is COC1(CNC(=O)c2cc(F)ccc2Br)CCOC1. The van der Waals surface area contributed by atoms with Crippen molar-refractivity contribution in [3.8, 4) is 0 Å². The van der Waals surface area contributed by atoms with Crippen molar-refractivity contribution in [2.75, 3.05) is 26.9 Å². The molecule has 1 unspecified atom stereocenters. The monoisotopic (exact) mass is 331 g/mol. The number of nitrogens with one attached hydrogen (secondary N) is 1. The van der Waals surface area contributed by atoms with E-state index in [1.165, 1.54) is 18.2 Å². The van der Waals surface area contributed by atoms with Crippen molar-refractivity contribution in [1.29, 1.82) is 0 Å². The number of hydrogen-bond acceptors (Lipinski definition) is 3. The Balaban J connectivity index is 2.03. The number of carbonyl (C=O) groups is 1. The summed E-state index contributed by atoms with van der Waals surface area (Å²) in [5, 5.41) is 2.76. The fourth-order valence-corrected chi connectivity index (χ4v) is 2.40. The molecule has 2 rings (SSSR count). The Morgan fingerprint density at radius 2 is 2.42 bits per heavy atom. The number of rotatable bonds is 4. The maximum absolute atomic E-state index is 13.1. The first-order valence-electron chi connectivity index (χ1n) is 5.92. The van der Waals surface area contributed by atoms with Crippen LogP contribution >= 0.6 is 15.9 Å². The van der Waals surface area contributed by atoms with Gasteiger partial charge in [-0.05, 0) is 34.1 Å². The number of ether oxygens (including phenoxy) is 2. The zero-order valence-electron chi connectivity index (χ0n) is 10.5. The van der Waals surface area contributed by atoms with Gasteiger partial charge in [-0.25, -0.2) is 4.39 Å². The van der Waals surface area contributed by atoms with E-state index in [1.54, 1.807) is 7.11 Å². The first-order valence-corrected chi connectivity index (χ1v) is 6.72. The van der Waals surface area contributed by atoms with E-state index >= 15 is 0 Å². The van der Waals surface area contributed by atoms with Crippen molar-refractivity contribution >= 4 is 21.8 Å². The molecule has 1 heterocycles. The fourth-order valence-electron chi connectivity index (χ4n) is 1.97. The normalized spacial score (nSPS) is 22.5. The number of benzene rings is 1. The van der Waals surface area contributed by atoms with E-state index in [4.69, 9.17) is 9.47 Å². The Kier molecular flexibility index (Phi) is 4.54. The Hall–Kier alpha value is -0.980. The van der Waals surface area contributed by atoms with E-state index in [2.05, 4.69) is 21.2 Å². The highest BCUT2D eigenvalue weighted by Crippen LogP contribution is 2.22. The highest BCUT2D eigenvalue weighted by Gasteiger charge is 2.35. The largest absolute Gasteiger partial charge is 0.378 e. The first-order chi connectivity index (χ1) is 9.06. The summed E-state index contributed by atoms with van der Waals surface area (Å²) in [6.45, 7) is 1.41. The molecule has 1 fully saturated rings. The van der Waals surface area contributed by atoms with Crippen LogP contribution in [0.3, 0.4) is 0 Å². The molecule has 0 radical (unpaired) electrons. The third-order valence-corrected chi connectivity index (χ3v) is 3.94. The van der Waals surface area contributed by atoms with Gasteiger partial charge in [0.15, 0.2) is 0 Å². The van der Waals surface area contributed by atoms with Gasteiger partial charge in [0.2, 0.25) is 0 Å². The smallest absolute Gasteiger partial charge is 0.252 e. The van der Waals surface area contributed by atoms with E-state index in [-0.39, 0.29) is 11.5 Å². The molecule has 1 N–H and O–H groups in total. The Morgan fingerprint density at radius 1 is 1.63 bits per heavy atom. The van der Waals surface area contributed by atoms with Gasteiger partial charge in [-0.2, -0.15) is 0 Å². The molecule has 0 aromatic heterocycles. The predicted octanol–water partition coefficient (Wildman–Crippen LogP) is 2.12. The van der Waals surface area contributed by atoms with Gasteiger partial charge in [-0.3, -0.25) is 4.79 Å². The number of hydrogen-bond donors (Lipinski definition) is 1. The zero-order valence-corrected chi connectivity index (χ0v) is 12.1. The van der Waals surface area contributed by atoms with Crippen molar-refractivity contribution in [2.24, 2.45) is 0 Å². The minimum Gasteiger partial charge on any atom is -0.378 e. The second kappa shape index (κ2) is 5.98. The van der Waals surface area contributed by atoms with Crippen LogP contribution in [0.1, 0.15) is 16.8 Å². The van der Waals surface area contributed by atoms with Gasteiger partial charge in [0, 0.05) is 31.2 Å². The molecule has 0 saturated carbocycles. The summed E-state index contributed by atoms with van der Waals surface area (Å²) in [6, 6.07) is 4.00. The fraction of sp³-hybridized carbons (Fsp3) is 0.462. The van der Waals surface area contributed by atoms with Crippen LogP contribution in [0.5, 0.6) is 0 Å². The summed E-state index contributed by atoms with van der Waals surface area (Å²) in [4.78, 5) is 12.0. The average Bonchev–Trinajstić information content (AvgIpc) is 2.88. The number of halogens is 2. The number of amides is 1. The van der Waals surface area contributed by atoms with Gasteiger partial charge in [0.25, 0.3) is 5.91 Å². The quantitative estimate of drug-likeness (QED) is 0.919. The average molecular weight is 332 g/mol. The Labute approximate surface area is 119 Å². The molecule has 0 aliphatic carbocycles. The molecule has 104 valence electrons. The molecule has 4 nitrogen and oxygen atoms in total. The van der Waals surface area contributed by atoms with E-state index in [0.717, 1.165) is 6.42 Å². The maximum Gasteiger partial charge on any atom is 0.252 e. The topological polar surface area (TPSA) is 47.6 Å². The van der Waals surface area contributed by atoms with Crippen molar-refractivity contribution in [2.45, 2.75) is 12.0 Å². The van der Waals surface area contributed by atoms with Gasteiger partial charge < -0.3 is 14.8 Å². The lowest BCUT2D eigenvalue weighted by Crippen LogP contribution is -2.45. The van der Waals surface area contributed by atoms with Crippen LogP contribution in [-0.2, 0) is 9.47 Å². The highest BCUT2D eigenvalue weighted by atomic mass is 79.9. The van der Waals surface area contributed by atoms with Crippen molar-refractivity contribution in [3.63, 3.8) is 0 Å². The summed E-state index contributed by atoms with van der Waals surface area (Å²) in [6.07, 6.45) is 0.730. The van der Waals surface area contributed by atoms with E-state index < -0.39 is 11.4 Å². The van der Waals surface area contributed by atoms with Gasteiger partial charge in [-0.15, -0.1) is 0 Å². The second-order valence-corrected chi connectivity index (χ2v) is 5.35.